The van der Waals surface area contributed by atoms with Gasteiger partial charge >= 0.3 is 20.1 Å². The van der Waals surface area contributed by atoms with E-state index in [0.29, 0.717) is 0 Å². The number of aromatic nitrogens is 3. The van der Waals surface area contributed by atoms with Crippen LogP contribution in [0.4, 0.5) is 0 Å². The van der Waals surface area contributed by atoms with Crippen molar-refractivity contribution in [2.24, 2.45) is 0 Å². The van der Waals surface area contributed by atoms with E-state index in [1.807, 2.05) is 55.0 Å². The molecule has 310 valence electrons. The van der Waals surface area contributed by atoms with E-state index in [0.717, 1.165) is 65.0 Å². The van der Waals surface area contributed by atoms with Crippen molar-refractivity contribution in [3.8, 4) is 56.0 Å². The molecular weight excluding hydrogens is 967 g/mol. The topological polar surface area (TPSA) is 38.7 Å². The number of pyridine rings is 3. The monoisotopic (exact) mass is 1010 g/mol. The molecule has 0 saturated carbocycles. The van der Waals surface area contributed by atoms with Gasteiger partial charge in [-0.25, -0.2) is 0 Å². The molecule has 11 rings (SSSR count). The van der Waals surface area contributed by atoms with E-state index in [1.54, 1.807) is 0 Å². The molecule has 0 bridgehead atoms. The van der Waals surface area contributed by atoms with Crippen molar-refractivity contribution in [1.82, 2.24) is 15.0 Å². The van der Waals surface area contributed by atoms with Gasteiger partial charge in [-0.15, -0.1) is 101 Å². The minimum atomic E-state index is 0. The second-order valence-corrected chi connectivity index (χ2v) is 16.4. The fraction of sp³-hybridized carbons (Fsp3) is 0.0656. The predicted molar refractivity (Wildman–Crippen MR) is 264 cm³/mol. The summed E-state index contributed by atoms with van der Waals surface area (Å²) < 4.78 is 0. The molecule has 0 aliphatic rings. The van der Waals surface area contributed by atoms with Gasteiger partial charge < -0.3 is 15.0 Å². The van der Waals surface area contributed by atoms with Crippen LogP contribution in [0.15, 0.2) is 207 Å². The average Bonchev–Trinajstić information content (AvgIpc) is 3.38. The van der Waals surface area contributed by atoms with Crippen LogP contribution in [0.5, 0.6) is 0 Å². The average molecular weight is 1010 g/mol. The summed E-state index contributed by atoms with van der Waals surface area (Å²) in [5, 5.41) is 7.34. The third kappa shape index (κ3) is 8.80. The molecule has 8 aromatic carbocycles. The van der Waals surface area contributed by atoms with Crippen molar-refractivity contribution in [2.45, 2.75) is 25.7 Å². The third-order valence-electron chi connectivity index (χ3n) is 12.4. The number of benzene rings is 8. The summed E-state index contributed by atoms with van der Waals surface area (Å²) >= 11 is 0. The van der Waals surface area contributed by atoms with Gasteiger partial charge in [-0.3, -0.25) is 0 Å². The van der Waals surface area contributed by atoms with E-state index in [1.165, 1.54) is 71.3 Å². The first-order chi connectivity index (χ1) is 31.7. The van der Waals surface area contributed by atoms with Crippen molar-refractivity contribution in [1.29, 1.82) is 0 Å². The molecule has 65 heavy (non-hydrogen) atoms. The molecule has 0 fully saturated rings. The summed E-state index contributed by atoms with van der Waals surface area (Å²) in [5.74, 6) is 0. The Hall–Kier alpha value is -7.36. The normalized spacial score (nSPS) is 11.2. The Labute approximate surface area is 393 Å². The zero-order valence-electron chi connectivity index (χ0n) is 35.6. The van der Waals surface area contributed by atoms with Gasteiger partial charge in [-0.1, -0.05) is 145 Å². The molecule has 11 aromatic rings. The molecule has 0 radical (unpaired) electrons. The van der Waals surface area contributed by atoms with Gasteiger partial charge in [-0.2, -0.15) is 0 Å². The van der Waals surface area contributed by atoms with Gasteiger partial charge in [0.25, 0.3) is 0 Å². The molecule has 3 heterocycles. The van der Waals surface area contributed by atoms with Crippen LogP contribution in [0, 0.1) is 18.2 Å². The van der Waals surface area contributed by atoms with Crippen LogP contribution >= 0.6 is 0 Å². The van der Waals surface area contributed by atoms with E-state index in [2.05, 4.69) is 180 Å². The molecule has 0 spiro atoms. The SMILES string of the molecule is [Ir+3].[c-]1cc(CCc2cc(CCc3c[c-]c(-c4ccccn4)cc3)cc(-c3ccccc3-c3c[c-]c(-c4cc5c6ccccc6c6ccccc6c5cn4)cc3)c2)ccc1-c1ccccn1. The molecule has 0 saturated heterocycles. The number of nitrogens with zero attached hydrogens (tertiary/aromatic N) is 3. The molecule has 0 unspecified atom stereocenters. The summed E-state index contributed by atoms with van der Waals surface area (Å²) in [6.07, 6.45) is 9.35. The maximum absolute atomic E-state index is 5.00. The van der Waals surface area contributed by atoms with Crippen LogP contribution in [0.1, 0.15) is 22.3 Å². The third-order valence-corrected chi connectivity index (χ3v) is 12.4. The van der Waals surface area contributed by atoms with Crippen LogP contribution in [0.2, 0.25) is 0 Å². The summed E-state index contributed by atoms with van der Waals surface area (Å²) in [7, 11) is 0. The largest absolute Gasteiger partial charge is 3.00 e. The number of hydrogen-bond donors (Lipinski definition) is 0. The van der Waals surface area contributed by atoms with Crippen LogP contribution in [0.25, 0.3) is 88.3 Å². The van der Waals surface area contributed by atoms with E-state index >= 15 is 0 Å². The Balaban J connectivity index is 0.00000498. The second-order valence-electron chi connectivity index (χ2n) is 16.4. The van der Waals surface area contributed by atoms with Gasteiger partial charge in [0, 0.05) is 24.0 Å². The quantitative estimate of drug-likeness (QED) is 0.0957. The Morgan fingerprint density at radius 2 is 0.785 bits per heavy atom. The van der Waals surface area contributed by atoms with Crippen molar-refractivity contribution in [2.75, 3.05) is 0 Å². The maximum Gasteiger partial charge on any atom is 3.00 e. The Morgan fingerprint density at radius 1 is 0.323 bits per heavy atom. The summed E-state index contributed by atoms with van der Waals surface area (Å²) in [6.45, 7) is 0. The number of hydrogen-bond acceptors (Lipinski definition) is 3. The van der Waals surface area contributed by atoms with Gasteiger partial charge in [0.05, 0.1) is 0 Å². The number of fused-ring (bicyclic) bond motifs is 6. The van der Waals surface area contributed by atoms with E-state index in [4.69, 9.17) is 4.98 Å². The van der Waals surface area contributed by atoms with Crippen molar-refractivity contribution < 1.29 is 20.1 Å². The predicted octanol–water partition coefficient (Wildman–Crippen LogP) is 14.6. The van der Waals surface area contributed by atoms with Crippen LogP contribution < -0.4 is 0 Å². The molecule has 0 aliphatic carbocycles. The van der Waals surface area contributed by atoms with E-state index in [-0.39, 0.29) is 20.1 Å². The summed E-state index contributed by atoms with van der Waals surface area (Å²) in [4.78, 5) is 14.0. The molecule has 0 amide bonds. The van der Waals surface area contributed by atoms with Crippen molar-refractivity contribution in [3.63, 3.8) is 0 Å². The second kappa shape index (κ2) is 18.8. The Morgan fingerprint density at radius 3 is 1.29 bits per heavy atom. The van der Waals surface area contributed by atoms with Crippen molar-refractivity contribution >= 4 is 32.3 Å². The molecule has 4 heteroatoms. The zero-order chi connectivity index (χ0) is 42.7. The molecule has 0 N–H and O–H groups in total. The zero-order valence-corrected chi connectivity index (χ0v) is 38.0. The van der Waals surface area contributed by atoms with Gasteiger partial charge in [-0.05, 0) is 91.2 Å². The Bertz CT molecular complexity index is 3260. The van der Waals surface area contributed by atoms with E-state index < -0.39 is 0 Å². The molecule has 3 aromatic heterocycles. The fourth-order valence-corrected chi connectivity index (χ4v) is 9.06. The summed E-state index contributed by atoms with van der Waals surface area (Å²) in [5.41, 5.74) is 15.7. The standard InChI is InChI=1S/C61H42N3.Ir/c1-2-12-52(51(11-1)46-31-33-49(34-32-46)61-40-57-55-15-5-3-13-53(55)54-14-4-6-16-56(54)58(57)41-64-61)50-38-44(21-19-42-23-27-47(28-24-42)59-17-7-9-35-62-59)37-45(39-50)22-20-43-25-29-48(30-26-43)60-18-8-10-36-63-60;/h1-18,23-27,29,31-33,35-41H,19-22H2;/q-3;+3. The smallest absolute Gasteiger partial charge is 0.305 e. The molecule has 0 atom stereocenters. The van der Waals surface area contributed by atoms with Gasteiger partial charge in [0.1, 0.15) is 0 Å². The first-order valence-electron chi connectivity index (χ1n) is 22.0. The van der Waals surface area contributed by atoms with Gasteiger partial charge in [0.2, 0.25) is 0 Å². The van der Waals surface area contributed by atoms with Crippen LogP contribution in [0.3, 0.4) is 0 Å². The first kappa shape index (κ1) is 41.6. The maximum atomic E-state index is 5.00. The van der Waals surface area contributed by atoms with Crippen LogP contribution in [-0.2, 0) is 45.8 Å². The fourth-order valence-electron chi connectivity index (χ4n) is 9.06. The molecular formula is C61H42IrN3. The first-order valence-corrected chi connectivity index (χ1v) is 22.0. The summed E-state index contributed by atoms with van der Waals surface area (Å²) in [6, 6.07) is 77.5. The minimum absolute atomic E-state index is 0. The van der Waals surface area contributed by atoms with E-state index in [9.17, 15) is 0 Å². The van der Waals surface area contributed by atoms with Crippen molar-refractivity contribution in [3.05, 3.63) is 247 Å². The minimum Gasteiger partial charge on any atom is -0.305 e. The number of rotatable bonds is 11. The Kier molecular flexibility index (Phi) is 12.0. The molecule has 3 nitrogen and oxygen atoms in total. The molecule has 0 aliphatic heterocycles. The van der Waals surface area contributed by atoms with Gasteiger partial charge in [0.15, 0.2) is 0 Å². The van der Waals surface area contributed by atoms with Crippen LogP contribution in [-0.4, -0.2) is 15.0 Å². The number of aryl methyl sites for hydroxylation is 4.